The van der Waals surface area contributed by atoms with E-state index in [0.29, 0.717) is 37.3 Å². The Hall–Kier alpha value is -3.35. The fourth-order valence-electron chi connectivity index (χ4n) is 4.45. The molecule has 0 aromatic heterocycles. The molecule has 4 rings (SSSR count). The Labute approximate surface area is 194 Å². The van der Waals surface area contributed by atoms with Gasteiger partial charge in [0.25, 0.3) is 0 Å². The highest BCUT2D eigenvalue weighted by atomic mass is 16.6. The van der Waals surface area contributed by atoms with Crippen LogP contribution in [0.5, 0.6) is 0 Å². The van der Waals surface area contributed by atoms with Crippen LogP contribution in [-0.2, 0) is 20.9 Å². The minimum Gasteiger partial charge on any atom is -0.438 e. The van der Waals surface area contributed by atoms with E-state index < -0.39 is 18.2 Å². The van der Waals surface area contributed by atoms with Gasteiger partial charge in [0, 0.05) is 25.2 Å². The lowest BCUT2D eigenvalue weighted by Gasteiger charge is -2.28. The summed E-state index contributed by atoms with van der Waals surface area (Å²) >= 11 is 0. The maximum absolute atomic E-state index is 13.6. The lowest BCUT2D eigenvalue weighted by Crippen LogP contribution is -2.47. The van der Waals surface area contributed by atoms with Gasteiger partial charge >= 0.3 is 6.09 Å². The number of nitrogens with one attached hydrogen (secondary N) is 1. The van der Waals surface area contributed by atoms with E-state index in [4.69, 9.17) is 4.74 Å². The van der Waals surface area contributed by atoms with Gasteiger partial charge in [-0.1, -0.05) is 48.9 Å². The van der Waals surface area contributed by atoms with Crippen LogP contribution in [-0.4, -0.2) is 46.8 Å². The van der Waals surface area contributed by atoms with Crippen molar-refractivity contribution in [2.45, 2.75) is 58.2 Å². The monoisotopic (exact) mass is 449 g/mol. The topological polar surface area (TPSA) is 79.0 Å². The molecule has 7 nitrogen and oxygen atoms in total. The normalized spacial score (nSPS) is 20.1. The molecule has 2 atom stereocenters. The molecule has 0 bridgehead atoms. The summed E-state index contributed by atoms with van der Waals surface area (Å²) in [5, 5.41) is 2.89. The number of nitrogens with zero attached hydrogens (tertiary/aromatic N) is 2. The second kappa shape index (κ2) is 10.1. The summed E-state index contributed by atoms with van der Waals surface area (Å²) in [6, 6.07) is 14.4. The van der Waals surface area contributed by atoms with Crippen LogP contribution in [0.3, 0.4) is 0 Å². The quantitative estimate of drug-likeness (QED) is 0.679. The Kier molecular flexibility index (Phi) is 6.96. The summed E-state index contributed by atoms with van der Waals surface area (Å²) in [6.07, 6.45) is 1.89. The highest BCUT2D eigenvalue weighted by molar-refractivity contribution is 5.91. The second-order valence-electron chi connectivity index (χ2n) is 8.82. The molecule has 33 heavy (non-hydrogen) atoms. The first-order valence-electron chi connectivity index (χ1n) is 11.7. The van der Waals surface area contributed by atoms with Crippen molar-refractivity contribution in [2.24, 2.45) is 0 Å². The summed E-state index contributed by atoms with van der Waals surface area (Å²) in [5.41, 5.74) is 3.40. The molecule has 2 aliphatic heterocycles. The molecule has 1 N–H and O–H groups in total. The van der Waals surface area contributed by atoms with E-state index in [2.05, 4.69) is 5.32 Å². The predicted octanol–water partition coefficient (Wildman–Crippen LogP) is 4.42. The molecule has 2 fully saturated rings. The van der Waals surface area contributed by atoms with Gasteiger partial charge in [-0.05, 0) is 49.4 Å². The minimum atomic E-state index is -0.751. The Balaban J connectivity index is 1.63. The lowest BCUT2D eigenvalue weighted by molar-refractivity contribution is -0.135. The maximum Gasteiger partial charge on any atom is 0.411 e. The van der Waals surface area contributed by atoms with Crippen LogP contribution in [0, 0.1) is 6.92 Å². The van der Waals surface area contributed by atoms with Crippen LogP contribution in [0.25, 0.3) is 0 Å². The summed E-state index contributed by atoms with van der Waals surface area (Å²) < 4.78 is 5.78. The highest BCUT2D eigenvalue weighted by Crippen LogP contribution is 2.36. The van der Waals surface area contributed by atoms with Gasteiger partial charge < -0.3 is 15.0 Å². The summed E-state index contributed by atoms with van der Waals surface area (Å²) in [6.45, 7) is 5.65. The zero-order chi connectivity index (χ0) is 23.4. The highest BCUT2D eigenvalue weighted by Gasteiger charge is 2.48. The maximum atomic E-state index is 13.6. The molecule has 2 heterocycles. The molecule has 2 unspecified atom stereocenters. The van der Waals surface area contributed by atoms with Crippen molar-refractivity contribution in [3.8, 4) is 0 Å². The molecular weight excluding hydrogens is 418 g/mol. The van der Waals surface area contributed by atoms with E-state index in [-0.39, 0.29) is 11.8 Å². The number of benzene rings is 2. The van der Waals surface area contributed by atoms with Gasteiger partial charge in [-0.15, -0.1) is 0 Å². The minimum absolute atomic E-state index is 0.0660. The molecule has 0 spiro atoms. The molecular formula is C26H31N3O4. The van der Waals surface area contributed by atoms with Crippen LogP contribution < -0.4 is 5.32 Å². The number of likely N-dealkylation sites (tertiary alicyclic amines) is 1. The Morgan fingerprint density at radius 3 is 2.52 bits per heavy atom. The first-order chi connectivity index (χ1) is 16.0. The standard InChI is InChI=1S/C26H31N3O4/c1-3-7-22(30)27-21-9-6-8-20(16-21)24-23(25(31)28-14-4-5-15-28)29(26(32)33-24)17-19-12-10-18(2)11-13-19/h6,8-13,16,23-24H,3-5,7,14-15,17H2,1-2H3,(H,27,30). The van der Waals surface area contributed by atoms with E-state index >= 15 is 0 Å². The van der Waals surface area contributed by atoms with Gasteiger partial charge in [-0.25, -0.2) is 4.79 Å². The van der Waals surface area contributed by atoms with Gasteiger partial charge in [0.15, 0.2) is 12.1 Å². The van der Waals surface area contributed by atoms with E-state index in [9.17, 15) is 14.4 Å². The van der Waals surface area contributed by atoms with Crippen LogP contribution in [0.4, 0.5) is 10.5 Å². The number of carbonyl (C=O) groups excluding carboxylic acids is 3. The summed E-state index contributed by atoms with van der Waals surface area (Å²) in [4.78, 5) is 42.0. The number of anilines is 1. The van der Waals surface area contributed by atoms with Crippen LogP contribution in [0.15, 0.2) is 48.5 Å². The molecule has 3 amide bonds. The third-order valence-electron chi connectivity index (χ3n) is 6.21. The Morgan fingerprint density at radius 2 is 1.82 bits per heavy atom. The van der Waals surface area contributed by atoms with Crippen molar-refractivity contribution in [1.29, 1.82) is 0 Å². The number of cyclic esters (lactones) is 1. The number of aryl methyl sites for hydroxylation is 1. The number of carbonyl (C=O) groups is 3. The molecule has 2 aliphatic rings. The van der Waals surface area contributed by atoms with Crippen LogP contribution >= 0.6 is 0 Å². The van der Waals surface area contributed by atoms with Gasteiger partial charge in [-0.3, -0.25) is 14.5 Å². The molecule has 0 radical (unpaired) electrons. The number of amides is 3. The van der Waals surface area contributed by atoms with Gasteiger partial charge in [0.2, 0.25) is 11.8 Å². The van der Waals surface area contributed by atoms with Gasteiger partial charge in [0.1, 0.15) is 0 Å². The largest absolute Gasteiger partial charge is 0.438 e. The molecule has 174 valence electrons. The third-order valence-corrected chi connectivity index (χ3v) is 6.21. The Morgan fingerprint density at radius 1 is 1.09 bits per heavy atom. The number of rotatable bonds is 7. The third kappa shape index (κ3) is 5.18. The summed E-state index contributed by atoms with van der Waals surface area (Å²) in [7, 11) is 0. The van der Waals surface area contributed by atoms with E-state index in [1.807, 2.05) is 55.1 Å². The lowest BCUT2D eigenvalue weighted by atomic mass is 9.99. The van der Waals surface area contributed by atoms with E-state index in [0.717, 1.165) is 30.4 Å². The average molecular weight is 450 g/mol. The zero-order valence-corrected chi connectivity index (χ0v) is 19.3. The predicted molar refractivity (Wildman–Crippen MR) is 126 cm³/mol. The average Bonchev–Trinajstić information content (AvgIpc) is 3.44. The first-order valence-corrected chi connectivity index (χ1v) is 11.7. The fraction of sp³-hybridized carbons (Fsp3) is 0.423. The van der Waals surface area contributed by atoms with E-state index in [1.54, 1.807) is 17.0 Å². The Bertz CT molecular complexity index is 1010. The van der Waals surface area contributed by atoms with Crippen molar-refractivity contribution in [1.82, 2.24) is 9.80 Å². The number of hydrogen-bond donors (Lipinski definition) is 1. The molecule has 2 saturated heterocycles. The SMILES string of the molecule is CCCC(=O)Nc1cccc(C2OC(=O)N(Cc3ccc(C)cc3)C2C(=O)N2CCCC2)c1. The molecule has 0 saturated carbocycles. The number of ether oxygens (including phenoxy) is 1. The van der Waals surface area contributed by atoms with Crippen LogP contribution in [0.1, 0.15) is 55.4 Å². The van der Waals surface area contributed by atoms with Crippen molar-refractivity contribution < 1.29 is 19.1 Å². The molecule has 7 heteroatoms. The summed E-state index contributed by atoms with van der Waals surface area (Å²) in [5.74, 6) is -0.153. The molecule has 2 aromatic rings. The van der Waals surface area contributed by atoms with E-state index in [1.165, 1.54) is 0 Å². The van der Waals surface area contributed by atoms with Gasteiger partial charge in [0.05, 0.1) is 6.54 Å². The fourth-order valence-corrected chi connectivity index (χ4v) is 4.45. The number of hydrogen-bond acceptors (Lipinski definition) is 4. The smallest absolute Gasteiger partial charge is 0.411 e. The van der Waals surface area contributed by atoms with Gasteiger partial charge in [-0.2, -0.15) is 0 Å². The second-order valence-corrected chi connectivity index (χ2v) is 8.82. The first kappa shape index (κ1) is 22.8. The molecule has 0 aliphatic carbocycles. The van der Waals surface area contributed by atoms with Crippen molar-refractivity contribution in [3.05, 3.63) is 65.2 Å². The van der Waals surface area contributed by atoms with Crippen molar-refractivity contribution >= 4 is 23.6 Å². The molecule has 2 aromatic carbocycles. The van der Waals surface area contributed by atoms with Crippen molar-refractivity contribution in [2.75, 3.05) is 18.4 Å². The van der Waals surface area contributed by atoms with Crippen LogP contribution in [0.2, 0.25) is 0 Å². The van der Waals surface area contributed by atoms with Crippen molar-refractivity contribution in [3.63, 3.8) is 0 Å². The zero-order valence-electron chi connectivity index (χ0n) is 19.3.